The number of nitrogens with two attached hydrogens (primary N) is 1. The number of amides is 1. The molecule has 0 aliphatic rings. The molecule has 7 heteroatoms. The Morgan fingerprint density at radius 1 is 1.42 bits per heavy atom. The molecule has 104 valence electrons. The van der Waals surface area contributed by atoms with E-state index in [2.05, 4.69) is 10.5 Å². The van der Waals surface area contributed by atoms with Gasteiger partial charge in [0.1, 0.15) is 0 Å². The third kappa shape index (κ3) is 4.61. The first-order valence-corrected chi connectivity index (χ1v) is 6.48. The van der Waals surface area contributed by atoms with Crippen molar-refractivity contribution in [2.45, 2.75) is 25.8 Å². The number of carbonyl (C=O) groups is 1. The van der Waals surface area contributed by atoms with Gasteiger partial charge in [-0.1, -0.05) is 41.7 Å². The summed E-state index contributed by atoms with van der Waals surface area (Å²) in [6, 6.07) is 4.00. The zero-order valence-corrected chi connectivity index (χ0v) is 11.9. The molecule has 1 unspecified atom stereocenters. The molecular formula is C12H15Cl2N3O2. The number of nitrogens with one attached hydrogen (secondary N) is 1. The maximum Gasteiger partial charge on any atom is 0.251 e. The van der Waals surface area contributed by atoms with Crippen LogP contribution in [0.4, 0.5) is 0 Å². The number of benzene rings is 1. The van der Waals surface area contributed by atoms with Gasteiger partial charge in [0.05, 0.1) is 6.04 Å². The average molecular weight is 304 g/mol. The molecule has 0 radical (unpaired) electrons. The Kier molecular flexibility index (Phi) is 5.92. The van der Waals surface area contributed by atoms with Crippen LogP contribution in [0.3, 0.4) is 0 Å². The first-order chi connectivity index (χ1) is 8.97. The van der Waals surface area contributed by atoms with Crippen molar-refractivity contribution in [1.82, 2.24) is 5.32 Å². The Bertz CT molecular complexity index is 472. The Hall–Kier alpha value is -1.46. The summed E-state index contributed by atoms with van der Waals surface area (Å²) in [7, 11) is 0. The zero-order valence-electron chi connectivity index (χ0n) is 10.4. The molecule has 1 aromatic carbocycles. The van der Waals surface area contributed by atoms with Gasteiger partial charge in [0.15, 0.2) is 5.84 Å². The number of halogens is 2. The predicted molar refractivity (Wildman–Crippen MR) is 76.0 cm³/mol. The maximum absolute atomic E-state index is 12.0. The maximum atomic E-state index is 12.0. The summed E-state index contributed by atoms with van der Waals surface area (Å²) in [5.41, 5.74) is 5.85. The van der Waals surface area contributed by atoms with Crippen molar-refractivity contribution in [3.8, 4) is 0 Å². The van der Waals surface area contributed by atoms with Crippen LogP contribution < -0.4 is 11.1 Å². The van der Waals surface area contributed by atoms with Gasteiger partial charge in [-0.25, -0.2) is 0 Å². The minimum Gasteiger partial charge on any atom is -0.409 e. The molecule has 4 N–H and O–H groups in total. The number of carbonyl (C=O) groups excluding carboxylic acids is 1. The second kappa shape index (κ2) is 7.21. The van der Waals surface area contributed by atoms with Crippen molar-refractivity contribution in [2.24, 2.45) is 10.9 Å². The standard InChI is InChI=1S/C12H15Cl2N3O2/c1-2-3-10(11(15)17-19)16-12(18)7-4-8(13)6-9(14)5-7/h4-6,10,19H,2-3H2,1H3,(H2,15,17)(H,16,18). The number of rotatable bonds is 5. The smallest absolute Gasteiger partial charge is 0.251 e. The predicted octanol–water partition coefficient (Wildman–Crippen LogP) is 2.64. The quantitative estimate of drug-likeness (QED) is 0.338. The number of oxime groups is 1. The molecule has 0 fully saturated rings. The molecule has 0 aliphatic heterocycles. The minimum atomic E-state index is -0.528. The fourth-order valence-electron chi connectivity index (χ4n) is 1.58. The lowest BCUT2D eigenvalue weighted by atomic mass is 10.1. The van der Waals surface area contributed by atoms with Crippen LogP contribution in [0.15, 0.2) is 23.4 Å². The number of hydrogen-bond acceptors (Lipinski definition) is 3. The molecule has 0 aromatic heterocycles. The summed E-state index contributed by atoms with van der Waals surface area (Å²) in [4.78, 5) is 12.0. The van der Waals surface area contributed by atoms with Gasteiger partial charge in [0, 0.05) is 15.6 Å². The monoisotopic (exact) mass is 303 g/mol. The van der Waals surface area contributed by atoms with E-state index >= 15 is 0 Å². The van der Waals surface area contributed by atoms with E-state index in [1.807, 2.05) is 6.92 Å². The first-order valence-electron chi connectivity index (χ1n) is 5.72. The van der Waals surface area contributed by atoms with Crippen molar-refractivity contribution in [3.05, 3.63) is 33.8 Å². The Balaban J connectivity index is 2.87. The van der Waals surface area contributed by atoms with Crippen LogP contribution in [-0.2, 0) is 0 Å². The van der Waals surface area contributed by atoms with Gasteiger partial charge < -0.3 is 16.3 Å². The van der Waals surface area contributed by atoms with Crippen LogP contribution in [0.25, 0.3) is 0 Å². The van der Waals surface area contributed by atoms with E-state index in [1.54, 1.807) is 0 Å². The second-order valence-corrected chi connectivity index (χ2v) is 4.87. The van der Waals surface area contributed by atoms with Gasteiger partial charge in [0.2, 0.25) is 0 Å². The van der Waals surface area contributed by atoms with Crippen LogP contribution >= 0.6 is 23.2 Å². The molecule has 19 heavy (non-hydrogen) atoms. The molecule has 0 bridgehead atoms. The molecule has 1 rings (SSSR count). The SMILES string of the molecule is CCCC(NC(=O)c1cc(Cl)cc(Cl)c1)/C(N)=N/O. The van der Waals surface area contributed by atoms with Gasteiger partial charge >= 0.3 is 0 Å². The minimum absolute atomic E-state index is 0.0386. The number of hydrogen-bond donors (Lipinski definition) is 3. The van der Waals surface area contributed by atoms with Gasteiger partial charge in [-0.2, -0.15) is 0 Å². The van der Waals surface area contributed by atoms with Crippen molar-refractivity contribution in [2.75, 3.05) is 0 Å². The lowest BCUT2D eigenvalue weighted by Crippen LogP contribution is -2.44. The normalized spacial score (nSPS) is 13.1. The molecule has 1 atom stereocenters. The Morgan fingerprint density at radius 3 is 2.47 bits per heavy atom. The molecule has 0 heterocycles. The van der Waals surface area contributed by atoms with Crippen LogP contribution in [0.1, 0.15) is 30.1 Å². The molecule has 0 saturated heterocycles. The third-order valence-electron chi connectivity index (χ3n) is 2.48. The van der Waals surface area contributed by atoms with Crippen LogP contribution in [0.2, 0.25) is 10.0 Å². The van der Waals surface area contributed by atoms with E-state index < -0.39 is 6.04 Å². The lowest BCUT2D eigenvalue weighted by molar-refractivity contribution is 0.0945. The van der Waals surface area contributed by atoms with E-state index in [9.17, 15) is 4.79 Å². The molecule has 5 nitrogen and oxygen atoms in total. The van der Waals surface area contributed by atoms with Crippen molar-refractivity contribution >= 4 is 34.9 Å². The first kappa shape index (κ1) is 15.6. The Labute approximate surface area is 121 Å². The summed E-state index contributed by atoms with van der Waals surface area (Å²) in [5, 5.41) is 15.0. The highest BCUT2D eigenvalue weighted by Gasteiger charge is 2.17. The third-order valence-corrected chi connectivity index (χ3v) is 2.92. The zero-order chi connectivity index (χ0) is 14.4. The summed E-state index contributed by atoms with van der Waals surface area (Å²) in [6.45, 7) is 1.93. The molecule has 1 aromatic rings. The highest BCUT2D eigenvalue weighted by atomic mass is 35.5. The van der Waals surface area contributed by atoms with Crippen LogP contribution in [0.5, 0.6) is 0 Å². The summed E-state index contributed by atoms with van der Waals surface area (Å²) in [5.74, 6) is -0.419. The van der Waals surface area contributed by atoms with E-state index in [1.165, 1.54) is 18.2 Å². The van der Waals surface area contributed by atoms with E-state index in [0.717, 1.165) is 6.42 Å². The number of amidine groups is 1. The highest BCUT2D eigenvalue weighted by Crippen LogP contribution is 2.19. The lowest BCUT2D eigenvalue weighted by Gasteiger charge is -2.16. The highest BCUT2D eigenvalue weighted by molar-refractivity contribution is 6.35. The summed E-state index contributed by atoms with van der Waals surface area (Å²) in [6.07, 6.45) is 1.34. The van der Waals surface area contributed by atoms with E-state index in [-0.39, 0.29) is 11.7 Å². The summed E-state index contributed by atoms with van der Waals surface area (Å²) >= 11 is 11.7. The van der Waals surface area contributed by atoms with Gasteiger partial charge in [-0.05, 0) is 24.6 Å². The number of nitrogens with zero attached hydrogens (tertiary/aromatic N) is 1. The van der Waals surface area contributed by atoms with Crippen LogP contribution in [0, 0.1) is 0 Å². The average Bonchev–Trinajstić information content (AvgIpc) is 2.36. The molecule has 0 saturated carbocycles. The summed E-state index contributed by atoms with van der Waals surface area (Å²) < 4.78 is 0. The van der Waals surface area contributed by atoms with Gasteiger partial charge in [-0.15, -0.1) is 0 Å². The topological polar surface area (TPSA) is 87.7 Å². The van der Waals surface area contributed by atoms with Gasteiger partial charge in [0.25, 0.3) is 5.91 Å². The second-order valence-electron chi connectivity index (χ2n) is 4.00. The Morgan fingerprint density at radius 2 is 2.00 bits per heavy atom. The molecule has 0 aliphatic carbocycles. The van der Waals surface area contributed by atoms with Crippen molar-refractivity contribution in [1.29, 1.82) is 0 Å². The fourth-order valence-corrected chi connectivity index (χ4v) is 2.10. The van der Waals surface area contributed by atoms with Crippen molar-refractivity contribution < 1.29 is 10.0 Å². The molecule has 1 amide bonds. The largest absolute Gasteiger partial charge is 0.409 e. The fraction of sp³-hybridized carbons (Fsp3) is 0.333. The van der Waals surface area contributed by atoms with E-state index in [0.29, 0.717) is 22.0 Å². The van der Waals surface area contributed by atoms with Gasteiger partial charge in [-0.3, -0.25) is 4.79 Å². The molecular weight excluding hydrogens is 289 g/mol. The van der Waals surface area contributed by atoms with Crippen LogP contribution in [-0.4, -0.2) is 23.0 Å². The molecule has 0 spiro atoms. The van der Waals surface area contributed by atoms with Crippen molar-refractivity contribution in [3.63, 3.8) is 0 Å². The van der Waals surface area contributed by atoms with E-state index in [4.69, 9.17) is 34.1 Å².